The van der Waals surface area contributed by atoms with Crippen molar-refractivity contribution in [3.05, 3.63) is 106 Å². The summed E-state index contributed by atoms with van der Waals surface area (Å²) in [5.74, 6) is 0.821. The number of nitrogens with one attached hydrogen (secondary N) is 1. The molecule has 5 nitrogen and oxygen atoms in total. The van der Waals surface area contributed by atoms with E-state index in [-0.39, 0.29) is 18.4 Å². The average molecular weight is 432 g/mol. The van der Waals surface area contributed by atoms with E-state index in [1.165, 1.54) is 5.56 Å². The lowest BCUT2D eigenvalue weighted by molar-refractivity contribution is -0.121. The molecule has 0 aliphatic carbocycles. The predicted molar refractivity (Wildman–Crippen MR) is 121 cm³/mol. The second-order valence-corrected chi connectivity index (χ2v) is 7.78. The summed E-state index contributed by atoms with van der Waals surface area (Å²) >= 11 is 5.92. The molecule has 1 aromatic heterocycles. The summed E-state index contributed by atoms with van der Waals surface area (Å²) in [5.41, 5.74) is 4.05. The third-order valence-corrected chi connectivity index (χ3v) is 5.24. The van der Waals surface area contributed by atoms with E-state index in [2.05, 4.69) is 15.5 Å². The Bertz CT molecular complexity index is 1140. The number of benzene rings is 3. The van der Waals surface area contributed by atoms with Gasteiger partial charge in [-0.15, -0.1) is 0 Å². The number of aryl methyl sites for hydroxylation is 2. The highest BCUT2D eigenvalue weighted by Crippen LogP contribution is 2.23. The minimum Gasteiger partial charge on any atom is -0.345 e. The van der Waals surface area contributed by atoms with Crippen LogP contribution in [-0.4, -0.2) is 16.0 Å². The van der Waals surface area contributed by atoms with Crippen LogP contribution in [0.4, 0.5) is 0 Å². The van der Waals surface area contributed by atoms with Crippen molar-refractivity contribution in [1.82, 2.24) is 15.5 Å². The van der Waals surface area contributed by atoms with Crippen molar-refractivity contribution >= 4 is 17.5 Å². The van der Waals surface area contributed by atoms with Crippen LogP contribution in [0.2, 0.25) is 5.02 Å². The first-order valence-corrected chi connectivity index (χ1v) is 10.5. The molecule has 1 atom stereocenters. The van der Waals surface area contributed by atoms with E-state index >= 15 is 0 Å². The Morgan fingerprint density at radius 2 is 1.65 bits per heavy atom. The molecule has 0 saturated heterocycles. The lowest BCUT2D eigenvalue weighted by Crippen LogP contribution is -2.29. The number of amides is 1. The highest BCUT2D eigenvalue weighted by molar-refractivity contribution is 6.30. The predicted octanol–water partition coefficient (Wildman–Crippen LogP) is 5.54. The van der Waals surface area contributed by atoms with Gasteiger partial charge in [-0.25, -0.2) is 0 Å². The van der Waals surface area contributed by atoms with Gasteiger partial charge >= 0.3 is 0 Å². The van der Waals surface area contributed by atoms with Gasteiger partial charge in [0.25, 0.3) is 0 Å². The van der Waals surface area contributed by atoms with Crippen molar-refractivity contribution in [1.29, 1.82) is 0 Å². The van der Waals surface area contributed by atoms with Crippen LogP contribution in [0.1, 0.15) is 35.0 Å². The smallest absolute Gasteiger partial charge is 0.227 e. The Hall–Kier alpha value is -3.44. The van der Waals surface area contributed by atoms with Gasteiger partial charge in [0.1, 0.15) is 0 Å². The van der Waals surface area contributed by atoms with Gasteiger partial charge in [0.05, 0.1) is 6.04 Å². The van der Waals surface area contributed by atoms with Gasteiger partial charge in [0.2, 0.25) is 17.6 Å². The second-order valence-electron chi connectivity index (χ2n) is 7.34. The molecule has 0 aliphatic rings. The van der Waals surface area contributed by atoms with Crippen LogP contribution in [-0.2, 0) is 11.2 Å². The summed E-state index contributed by atoms with van der Waals surface area (Å²) in [5, 5.41) is 7.78. The molecule has 1 N–H and O–H groups in total. The van der Waals surface area contributed by atoms with Crippen LogP contribution in [0.5, 0.6) is 0 Å². The summed E-state index contributed by atoms with van der Waals surface area (Å²) in [7, 11) is 0. The SMILES string of the molecule is Cc1ccc(C(NC(=O)CCc2nc(-c3ccc(Cl)cc3)no2)c2ccccc2)cc1. The number of rotatable bonds is 7. The fourth-order valence-electron chi connectivity index (χ4n) is 3.29. The molecule has 0 fully saturated rings. The number of carbonyl (C=O) groups is 1. The van der Waals surface area contributed by atoms with Crippen molar-refractivity contribution in [2.45, 2.75) is 25.8 Å². The van der Waals surface area contributed by atoms with E-state index in [1.54, 1.807) is 12.1 Å². The largest absolute Gasteiger partial charge is 0.345 e. The van der Waals surface area contributed by atoms with Crippen LogP contribution < -0.4 is 5.32 Å². The summed E-state index contributed by atoms with van der Waals surface area (Å²) in [4.78, 5) is 17.1. The van der Waals surface area contributed by atoms with Crippen LogP contribution in [0.15, 0.2) is 83.4 Å². The summed E-state index contributed by atoms with van der Waals surface area (Å²) in [6.07, 6.45) is 0.610. The molecule has 31 heavy (non-hydrogen) atoms. The number of halogens is 1. The fourth-order valence-corrected chi connectivity index (χ4v) is 3.42. The molecule has 0 bridgehead atoms. The second kappa shape index (κ2) is 9.58. The normalized spacial score (nSPS) is 11.8. The molecular weight excluding hydrogens is 410 g/mol. The van der Waals surface area contributed by atoms with Gasteiger partial charge in [0.15, 0.2) is 0 Å². The molecule has 1 unspecified atom stereocenters. The molecule has 0 spiro atoms. The Balaban J connectivity index is 1.42. The molecular formula is C25H22ClN3O2. The zero-order valence-electron chi connectivity index (χ0n) is 17.1. The zero-order valence-corrected chi connectivity index (χ0v) is 17.8. The minimum atomic E-state index is -0.221. The van der Waals surface area contributed by atoms with Gasteiger partial charge in [-0.05, 0) is 42.3 Å². The lowest BCUT2D eigenvalue weighted by atomic mass is 9.97. The highest BCUT2D eigenvalue weighted by atomic mass is 35.5. The van der Waals surface area contributed by atoms with E-state index in [9.17, 15) is 4.79 Å². The monoisotopic (exact) mass is 431 g/mol. The molecule has 4 rings (SSSR count). The van der Waals surface area contributed by atoms with E-state index in [0.29, 0.717) is 23.2 Å². The molecule has 156 valence electrons. The van der Waals surface area contributed by atoms with E-state index in [4.69, 9.17) is 16.1 Å². The minimum absolute atomic E-state index is 0.0827. The van der Waals surface area contributed by atoms with Crippen molar-refractivity contribution in [2.75, 3.05) is 0 Å². The summed E-state index contributed by atoms with van der Waals surface area (Å²) in [6, 6.07) is 25.1. The van der Waals surface area contributed by atoms with Crippen molar-refractivity contribution in [3.63, 3.8) is 0 Å². The van der Waals surface area contributed by atoms with Gasteiger partial charge in [0, 0.05) is 23.4 Å². The maximum atomic E-state index is 12.7. The van der Waals surface area contributed by atoms with E-state index in [0.717, 1.165) is 16.7 Å². The Kier molecular flexibility index (Phi) is 6.43. The average Bonchev–Trinajstić information content (AvgIpc) is 3.27. The number of carbonyl (C=O) groups excluding carboxylic acids is 1. The van der Waals surface area contributed by atoms with Crippen molar-refractivity contribution in [2.24, 2.45) is 0 Å². The number of hydrogen-bond acceptors (Lipinski definition) is 4. The first-order valence-electron chi connectivity index (χ1n) is 10.1. The first kappa shape index (κ1) is 20.8. The van der Waals surface area contributed by atoms with Crippen LogP contribution in [0.3, 0.4) is 0 Å². The third kappa shape index (κ3) is 5.38. The Morgan fingerprint density at radius 1 is 0.968 bits per heavy atom. The molecule has 4 aromatic rings. The molecule has 6 heteroatoms. The van der Waals surface area contributed by atoms with Crippen molar-refractivity contribution in [3.8, 4) is 11.4 Å². The zero-order chi connectivity index (χ0) is 21.6. The Labute approximate surface area is 186 Å². The van der Waals surface area contributed by atoms with Gasteiger partial charge < -0.3 is 9.84 Å². The molecule has 3 aromatic carbocycles. The highest BCUT2D eigenvalue weighted by Gasteiger charge is 2.18. The van der Waals surface area contributed by atoms with Crippen LogP contribution in [0, 0.1) is 6.92 Å². The molecule has 0 aliphatic heterocycles. The van der Waals surface area contributed by atoms with Gasteiger partial charge in [-0.1, -0.05) is 76.9 Å². The standard InChI is InChI=1S/C25H22ClN3O2/c1-17-7-9-19(10-8-17)24(18-5-3-2-4-6-18)27-22(30)15-16-23-28-25(29-31-23)20-11-13-21(26)14-12-20/h2-14,24H,15-16H2,1H3,(H,27,30). The molecule has 0 radical (unpaired) electrons. The maximum absolute atomic E-state index is 12.7. The van der Waals surface area contributed by atoms with Crippen LogP contribution in [0.25, 0.3) is 11.4 Å². The van der Waals surface area contributed by atoms with Crippen LogP contribution >= 0.6 is 11.6 Å². The summed E-state index contributed by atoms with van der Waals surface area (Å²) in [6.45, 7) is 2.04. The molecule has 0 saturated carbocycles. The van der Waals surface area contributed by atoms with Gasteiger partial charge in [-0.2, -0.15) is 4.98 Å². The number of hydrogen-bond donors (Lipinski definition) is 1. The lowest BCUT2D eigenvalue weighted by Gasteiger charge is -2.20. The van der Waals surface area contributed by atoms with E-state index < -0.39 is 0 Å². The first-order chi connectivity index (χ1) is 15.1. The maximum Gasteiger partial charge on any atom is 0.227 e. The van der Waals surface area contributed by atoms with Crippen molar-refractivity contribution < 1.29 is 9.32 Å². The quantitative estimate of drug-likeness (QED) is 0.417. The van der Waals surface area contributed by atoms with Gasteiger partial charge in [-0.3, -0.25) is 4.79 Å². The van der Waals surface area contributed by atoms with E-state index in [1.807, 2.05) is 73.7 Å². The molecule has 1 heterocycles. The number of aromatic nitrogens is 2. The number of nitrogens with zero attached hydrogens (tertiary/aromatic N) is 2. The molecule has 1 amide bonds. The topological polar surface area (TPSA) is 68.0 Å². The fraction of sp³-hybridized carbons (Fsp3) is 0.160. The Morgan fingerprint density at radius 3 is 2.35 bits per heavy atom. The summed E-state index contributed by atoms with van der Waals surface area (Å²) < 4.78 is 5.31. The third-order valence-electron chi connectivity index (χ3n) is 4.99.